The molecule has 0 saturated heterocycles. The molecule has 0 aliphatic rings. The molecule has 0 amide bonds. The Labute approximate surface area is 115 Å². The summed E-state index contributed by atoms with van der Waals surface area (Å²) < 4.78 is 0. The second kappa shape index (κ2) is 5.41. The maximum atomic E-state index is 5.61. The zero-order chi connectivity index (χ0) is 13.1. The third-order valence-corrected chi connectivity index (χ3v) is 3.48. The Balaban J connectivity index is 2.24. The summed E-state index contributed by atoms with van der Waals surface area (Å²) in [5, 5.41) is 2.06. The molecule has 4 nitrogen and oxygen atoms in total. The molecule has 0 aliphatic carbocycles. The molecule has 0 atom stereocenters. The number of thiophene rings is 1. The first-order chi connectivity index (χ1) is 8.56. The van der Waals surface area contributed by atoms with Gasteiger partial charge in [0.05, 0.1) is 6.54 Å². The largest absolute Gasteiger partial charge is 0.388 e. The zero-order valence-electron chi connectivity index (χ0n) is 10.3. The number of hydrogen-bond acceptors (Lipinski definition) is 5. The molecule has 2 rings (SSSR count). The predicted molar refractivity (Wildman–Crippen MR) is 79.1 cm³/mol. The SMILES string of the molecule is Cc1cc(C(N)=S)nc(N(C)Cc2cccs2)n1. The molecule has 2 heterocycles. The molecule has 2 N–H and O–H groups in total. The minimum absolute atomic E-state index is 0.297. The van der Waals surface area contributed by atoms with Gasteiger partial charge in [0.1, 0.15) is 10.7 Å². The molecule has 2 aromatic rings. The molecule has 0 fully saturated rings. The number of thiocarbonyl (C=S) groups is 1. The smallest absolute Gasteiger partial charge is 0.226 e. The third-order valence-electron chi connectivity index (χ3n) is 2.41. The van der Waals surface area contributed by atoms with Crippen LogP contribution in [0.25, 0.3) is 0 Å². The fraction of sp³-hybridized carbons (Fsp3) is 0.250. The standard InChI is InChI=1S/C12H14N4S2/c1-8-6-10(11(13)17)15-12(14-8)16(2)7-9-4-3-5-18-9/h3-6H,7H2,1-2H3,(H2,13,17). The molecule has 0 aliphatic heterocycles. The van der Waals surface area contributed by atoms with Crippen LogP contribution in [-0.2, 0) is 6.54 Å². The van der Waals surface area contributed by atoms with E-state index >= 15 is 0 Å². The van der Waals surface area contributed by atoms with Crippen molar-refractivity contribution in [3.05, 3.63) is 39.8 Å². The Hall–Kier alpha value is -1.53. The first-order valence-electron chi connectivity index (χ1n) is 5.45. The van der Waals surface area contributed by atoms with Gasteiger partial charge in [0.25, 0.3) is 0 Å². The third kappa shape index (κ3) is 3.02. The monoisotopic (exact) mass is 278 g/mol. The highest BCUT2D eigenvalue weighted by Gasteiger charge is 2.09. The number of nitrogens with two attached hydrogens (primary N) is 1. The van der Waals surface area contributed by atoms with Gasteiger partial charge in [0.15, 0.2) is 0 Å². The number of aromatic nitrogens is 2. The second-order valence-corrected chi connectivity index (χ2v) is 5.47. The van der Waals surface area contributed by atoms with Gasteiger partial charge in [-0.25, -0.2) is 9.97 Å². The molecule has 0 aromatic carbocycles. The highest BCUT2D eigenvalue weighted by molar-refractivity contribution is 7.80. The molecular formula is C12H14N4S2. The van der Waals surface area contributed by atoms with Gasteiger partial charge >= 0.3 is 0 Å². The van der Waals surface area contributed by atoms with E-state index in [2.05, 4.69) is 21.4 Å². The van der Waals surface area contributed by atoms with Crippen LogP contribution in [-0.4, -0.2) is 22.0 Å². The number of aryl methyl sites for hydroxylation is 1. The Morgan fingerprint density at radius 3 is 2.89 bits per heavy atom. The van der Waals surface area contributed by atoms with Crippen molar-refractivity contribution in [1.29, 1.82) is 0 Å². The van der Waals surface area contributed by atoms with Crippen molar-refractivity contribution < 1.29 is 0 Å². The molecule has 0 spiro atoms. The Morgan fingerprint density at radius 1 is 1.50 bits per heavy atom. The summed E-state index contributed by atoms with van der Waals surface area (Å²) in [5.41, 5.74) is 7.09. The van der Waals surface area contributed by atoms with E-state index in [1.807, 2.05) is 24.9 Å². The van der Waals surface area contributed by atoms with Gasteiger partial charge in [-0.15, -0.1) is 11.3 Å². The van der Waals surface area contributed by atoms with Crippen LogP contribution in [0.2, 0.25) is 0 Å². The van der Waals surface area contributed by atoms with Crippen LogP contribution in [0, 0.1) is 6.92 Å². The lowest BCUT2D eigenvalue weighted by molar-refractivity contribution is 0.868. The van der Waals surface area contributed by atoms with Crippen molar-refractivity contribution in [2.45, 2.75) is 13.5 Å². The number of hydrogen-bond donors (Lipinski definition) is 1. The maximum absolute atomic E-state index is 5.61. The van der Waals surface area contributed by atoms with E-state index in [1.54, 1.807) is 17.4 Å². The topological polar surface area (TPSA) is 55.0 Å². The summed E-state index contributed by atoms with van der Waals surface area (Å²) in [6.07, 6.45) is 0. The van der Waals surface area contributed by atoms with Gasteiger partial charge in [-0.3, -0.25) is 0 Å². The lowest BCUT2D eigenvalue weighted by Crippen LogP contribution is -2.21. The normalized spacial score (nSPS) is 10.3. The van der Waals surface area contributed by atoms with Crippen molar-refractivity contribution in [2.75, 3.05) is 11.9 Å². The van der Waals surface area contributed by atoms with E-state index in [0.717, 1.165) is 12.2 Å². The average Bonchev–Trinajstić information content (AvgIpc) is 2.80. The van der Waals surface area contributed by atoms with Crippen molar-refractivity contribution in [3.63, 3.8) is 0 Å². The van der Waals surface area contributed by atoms with Gasteiger partial charge in [-0.05, 0) is 24.4 Å². The number of nitrogens with zero attached hydrogens (tertiary/aromatic N) is 3. The summed E-state index contributed by atoms with van der Waals surface area (Å²) in [6, 6.07) is 5.92. The van der Waals surface area contributed by atoms with Crippen molar-refractivity contribution in [1.82, 2.24) is 9.97 Å². The van der Waals surface area contributed by atoms with E-state index in [4.69, 9.17) is 18.0 Å². The first-order valence-corrected chi connectivity index (χ1v) is 6.74. The molecule has 94 valence electrons. The van der Waals surface area contributed by atoms with Crippen molar-refractivity contribution in [2.24, 2.45) is 5.73 Å². The highest BCUT2D eigenvalue weighted by atomic mass is 32.1. The van der Waals surface area contributed by atoms with Crippen molar-refractivity contribution in [3.8, 4) is 0 Å². The van der Waals surface area contributed by atoms with E-state index in [9.17, 15) is 0 Å². The maximum Gasteiger partial charge on any atom is 0.226 e. The van der Waals surface area contributed by atoms with Crippen LogP contribution in [0.1, 0.15) is 16.3 Å². The van der Waals surface area contributed by atoms with E-state index in [1.165, 1.54) is 4.88 Å². The van der Waals surface area contributed by atoms with E-state index < -0.39 is 0 Å². The van der Waals surface area contributed by atoms with Crippen LogP contribution >= 0.6 is 23.6 Å². The molecule has 0 saturated carbocycles. The van der Waals surface area contributed by atoms with Gasteiger partial charge in [0.2, 0.25) is 5.95 Å². The summed E-state index contributed by atoms with van der Waals surface area (Å²) >= 11 is 6.67. The van der Waals surface area contributed by atoms with Crippen LogP contribution in [0.15, 0.2) is 23.6 Å². The minimum atomic E-state index is 0.297. The lowest BCUT2D eigenvalue weighted by atomic mass is 10.3. The van der Waals surface area contributed by atoms with Crippen LogP contribution in [0.3, 0.4) is 0 Å². The molecule has 0 radical (unpaired) electrons. The fourth-order valence-corrected chi connectivity index (χ4v) is 2.42. The molecular weight excluding hydrogens is 264 g/mol. The number of rotatable bonds is 4. The fourth-order valence-electron chi connectivity index (χ4n) is 1.56. The minimum Gasteiger partial charge on any atom is -0.388 e. The first kappa shape index (κ1) is 12.9. The lowest BCUT2D eigenvalue weighted by Gasteiger charge is -2.17. The molecule has 2 aromatic heterocycles. The Bertz CT molecular complexity index is 551. The van der Waals surface area contributed by atoms with E-state index in [0.29, 0.717) is 16.6 Å². The molecule has 6 heteroatoms. The van der Waals surface area contributed by atoms with Crippen molar-refractivity contribution >= 4 is 34.5 Å². The predicted octanol–water partition coefficient (Wildman–Crippen LogP) is 2.12. The summed E-state index contributed by atoms with van der Waals surface area (Å²) in [6.45, 7) is 2.68. The molecule has 0 bridgehead atoms. The van der Waals surface area contributed by atoms with Gasteiger partial charge in [-0.1, -0.05) is 18.3 Å². The average molecular weight is 278 g/mol. The summed E-state index contributed by atoms with van der Waals surface area (Å²) in [7, 11) is 1.96. The van der Waals surface area contributed by atoms with Crippen LogP contribution < -0.4 is 10.6 Å². The highest BCUT2D eigenvalue weighted by Crippen LogP contribution is 2.15. The summed E-state index contributed by atoms with van der Waals surface area (Å²) in [5.74, 6) is 0.645. The Kier molecular flexibility index (Phi) is 3.88. The zero-order valence-corrected chi connectivity index (χ0v) is 11.9. The van der Waals surface area contributed by atoms with E-state index in [-0.39, 0.29) is 0 Å². The van der Waals surface area contributed by atoms with Gasteiger partial charge in [-0.2, -0.15) is 0 Å². The van der Waals surface area contributed by atoms with Crippen LogP contribution in [0.5, 0.6) is 0 Å². The van der Waals surface area contributed by atoms with Crippen LogP contribution in [0.4, 0.5) is 5.95 Å². The van der Waals surface area contributed by atoms with Gasteiger partial charge in [0, 0.05) is 17.6 Å². The summed E-state index contributed by atoms with van der Waals surface area (Å²) in [4.78, 5) is 12.3. The number of anilines is 1. The molecule has 0 unspecified atom stereocenters. The Morgan fingerprint density at radius 2 is 2.28 bits per heavy atom. The van der Waals surface area contributed by atoms with Gasteiger partial charge < -0.3 is 10.6 Å². The second-order valence-electron chi connectivity index (χ2n) is 3.99. The quantitative estimate of drug-likeness (QED) is 0.868. The molecule has 18 heavy (non-hydrogen) atoms.